The molecule has 0 aliphatic carbocycles. The molecule has 0 radical (unpaired) electrons. The SMILES string of the molecule is CCN1CCCCC1.CCN1CCOCC1.NCCN.NCCO. The second-order valence-corrected chi connectivity index (χ2v) is 5.63. The van der Waals surface area contributed by atoms with Gasteiger partial charge in [-0.1, -0.05) is 20.3 Å². The maximum absolute atomic E-state index is 7.75. The summed E-state index contributed by atoms with van der Waals surface area (Å²) in [4.78, 5) is 4.91. The molecule has 0 aromatic heterocycles. The Morgan fingerprint density at radius 2 is 1.17 bits per heavy atom. The van der Waals surface area contributed by atoms with Crippen LogP contribution in [0, 0.1) is 0 Å². The summed E-state index contributed by atoms with van der Waals surface area (Å²) in [7, 11) is 0. The average Bonchev–Trinajstić information content (AvgIpc) is 2.70. The number of likely N-dealkylation sites (tertiary alicyclic amines) is 1. The van der Waals surface area contributed by atoms with Crippen molar-refractivity contribution in [1.29, 1.82) is 0 Å². The van der Waals surface area contributed by atoms with E-state index in [1.807, 2.05) is 0 Å². The minimum Gasteiger partial charge on any atom is -0.395 e. The van der Waals surface area contributed by atoms with Crippen LogP contribution in [0.25, 0.3) is 0 Å². The van der Waals surface area contributed by atoms with E-state index in [1.165, 1.54) is 45.4 Å². The van der Waals surface area contributed by atoms with Gasteiger partial charge in [-0.3, -0.25) is 4.90 Å². The molecule has 24 heavy (non-hydrogen) atoms. The Hall–Kier alpha value is -0.280. The summed E-state index contributed by atoms with van der Waals surface area (Å²) in [6.07, 6.45) is 4.30. The van der Waals surface area contributed by atoms with E-state index >= 15 is 0 Å². The molecule has 7 N–H and O–H groups in total. The van der Waals surface area contributed by atoms with Gasteiger partial charge in [0.25, 0.3) is 0 Å². The predicted octanol–water partition coefficient (Wildman–Crippen LogP) is -0.328. The second kappa shape index (κ2) is 22.7. The number of hydrogen-bond acceptors (Lipinski definition) is 7. The molecule has 2 heterocycles. The monoisotopic (exact) mass is 349 g/mol. The molecular formula is C17H43N5O2. The first-order valence-electron chi connectivity index (χ1n) is 9.43. The molecule has 0 aromatic rings. The van der Waals surface area contributed by atoms with E-state index in [1.54, 1.807) is 0 Å². The Labute approximate surface area is 149 Å². The Morgan fingerprint density at radius 1 is 0.750 bits per heavy atom. The van der Waals surface area contributed by atoms with Crippen molar-refractivity contribution >= 4 is 0 Å². The van der Waals surface area contributed by atoms with E-state index in [0.717, 1.165) is 26.3 Å². The van der Waals surface area contributed by atoms with Crippen molar-refractivity contribution < 1.29 is 9.84 Å². The molecule has 2 saturated heterocycles. The number of hydrogen-bond donors (Lipinski definition) is 4. The van der Waals surface area contributed by atoms with Gasteiger partial charge in [-0.25, -0.2) is 0 Å². The first-order chi connectivity index (χ1) is 11.7. The standard InChI is InChI=1S/C7H15N.C6H13NO.C2H8N2.C2H7NO/c1-2-8-6-4-3-5-7-8;1-2-7-3-5-8-6-4-7;2*3-1-2-4/h2-7H2,1H3;2-6H2,1H3;1-4H2;4H,1-3H2. The first-order valence-corrected chi connectivity index (χ1v) is 9.43. The van der Waals surface area contributed by atoms with Gasteiger partial charge in [-0.15, -0.1) is 0 Å². The van der Waals surface area contributed by atoms with Gasteiger partial charge < -0.3 is 31.9 Å². The second-order valence-electron chi connectivity index (χ2n) is 5.63. The van der Waals surface area contributed by atoms with Crippen LogP contribution in [0.5, 0.6) is 0 Å². The van der Waals surface area contributed by atoms with Crippen molar-refractivity contribution in [3.8, 4) is 0 Å². The maximum atomic E-state index is 7.75. The van der Waals surface area contributed by atoms with Crippen molar-refractivity contribution in [1.82, 2.24) is 9.80 Å². The number of ether oxygens (including phenoxy) is 1. The van der Waals surface area contributed by atoms with Crippen molar-refractivity contribution in [3.05, 3.63) is 0 Å². The van der Waals surface area contributed by atoms with E-state index in [2.05, 4.69) is 23.6 Å². The molecule has 148 valence electrons. The smallest absolute Gasteiger partial charge is 0.0594 e. The van der Waals surface area contributed by atoms with Crippen LogP contribution in [0.3, 0.4) is 0 Å². The van der Waals surface area contributed by atoms with Crippen LogP contribution in [0.1, 0.15) is 33.1 Å². The maximum Gasteiger partial charge on any atom is 0.0594 e. The molecule has 7 nitrogen and oxygen atoms in total. The lowest BCUT2D eigenvalue weighted by molar-refractivity contribution is 0.0405. The summed E-state index contributed by atoms with van der Waals surface area (Å²) < 4.78 is 5.16. The van der Waals surface area contributed by atoms with Gasteiger partial charge in [0.2, 0.25) is 0 Å². The highest BCUT2D eigenvalue weighted by atomic mass is 16.5. The fourth-order valence-corrected chi connectivity index (χ4v) is 2.19. The molecule has 0 spiro atoms. The van der Waals surface area contributed by atoms with Crippen LogP contribution in [0.15, 0.2) is 0 Å². The van der Waals surface area contributed by atoms with Crippen LogP contribution < -0.4 is 17.2 Å². The third-order valence-electron chi connectivity index (χ3n) is 3.74. The highest BCUT2D eigenvalue weighted by Gasteiger charge is 2.06. The molecule has 2 aliphatic rings. The van der Waals surface area contributed by atoms with E-state index in [9.17, 15) is 0 Å². The van der Waals surface area contributed by atoms with Crippen LogP contribution in [0.4, 0.5) is 0 Å². The molecule has 0 bridgehead atoms. The fourth-order valence-electron chi connectivity index (χ4n) is 2.19. The summed E-state index contributed by atoms with van der Waals surface area (Å²) in [6, 6.07) is 0. The van der Waals surface area contributed by atoms with Gasteiger partial charge in [0.15, 0.2) is 0 Å². The minimum atomic E-state index is 0.0972. The Morgan fingerprint density at radius 3 is 1.42 bits per heavy atom. The quantitative estimate of drug-likeness (QED) is 0.549. The van der Waals surface area contributed by atoms with Crippen molar-refractivity contribution in [2.75, 3.05) is 78.7 Å². The van der Waals surface area contributed by atoms with E-state index < -0.39 is 0 Å². The molecule has 0 saturated carbocycles. The Bertz CT molecular complexity index is 185. The third-order valence-corrected chi connectivity index (χ3v) is 3.74. The molecule has 0 atom stereocenters. The normalized spacial score (nSPS) is 18.2. The zero-order valence-corrected chi connectivity index (χ0v) is 16.1. The van der Waals surface area contributed by atoms with Crippen LogP contribution in [-0.2, 0) is 4.74 Å². The molecular weight excluding hydrogens is 306 g/mol. The van der Waals surface area contributed by atoms with E-state index in [4.69, 9.17) is 27.0 Å². The van der Waals surface area contributed by atoms with Crippen LogP contribution in [0.2, 0.25) is 0 Å². The minimum absolute atomic E-state index is 0.0972. The summed E-state index contributed by atoms with van der Waals surface area (Å²) in [5.41, 5.74) is 14.6. The number of rotatable bonds is 4. The van der Waals surface area contributed by atoms with Gasteiger partial charge in [-0.2, -0.15) is 0 Å². The molecule has 2 rings (SSSR count). The molecule has 0 aromatic carbocycles. The number of likely N-dealkylation sites (N-methyl/N-ethyl adjacent to an activating group) is 1. The molecule has 0 unspecified atom stereocenters. The summed E-state index contributed by atoms with van der Waals surface area (Å²) in [6.45, 7) is 15.3. The zero-order valence-electron chi connectivity index (χ0n) is 16.1. The van der Waals surface area contributed by atoms with Gasteiger partial charge >= 0.3 is 0 Å². The van der Waals surface area contributed by atoms with Gasteiger partial charge in [0.05, 0.1) is 19.8 Å². The van der Waals surface area contributed by atoms with Crippen molar-refractivity contribution in [2.45, 2.75) is 33.1 Å². The lowest BCUT2D eigenvalue weighted by Gasteiger charge is -2.24. The largest absolute Gasteiger partial charge is 0.395 e. The fraction of sp³-hybridized carbons (Fsp3) is 1.00. The summed E-state index contributed by atoms with van der Waals surface area (Å²) in [5, 5.41) is 7.75. The molecule has 7 heteroatoms. The number of aliphatic hydroxyl groups is 1. The Kier molecular flexibility index (Phi) is 24.6. The third kappa shape index (κ3) is 19.8. The number of nitrogens with two attached hydrogens (primary N) is 3. The number of morpholine rings is 1. The van der Waals surface area contributed by atoms with Crippen molar-refractivity contribution in [3.63, 3.8) is 0 Å². The first kappa shape index (κ1) is 26.0. The number of piperidine rings is 1. The summed E-state index contributed by atoms with van der Waals surface area (Å²) >= 11 is 0. The van der Waals surface area contributed by atoms with Gasteiger partial charge in [-0.05, 0) is 39.0 Å². The van der Waals surface area contributed by atoms with E-state index in [-0.39, 0.29) is 6.61 Å². The zero-order chi connectivity index (χ0) is 18.5. The molecule has 2 aliphatic heterocycles. The summed E-state index contributed by atoms with van der Waals surface area (Å²) in [5.74, 6) is 0. The van der Waals surface area contributed by atoms with Crippen LogP contribution in [-0.4, -0.2) is 93.6 Å². The lowest BCUT2D eigenvalue weighted by atomic mass is 10.1. The average molecular weight is 350 g/mol. The number of nitrogens with zero attached hydrogens (tertiary/aromatic N) is 2. The highest BCUT2D eigenvalue weighted by Crippen LogP contribution is 2.06. The lowest BCUT2D eigenvalue weighted by Crippen LogP contribution is -2.35. The van der Waals surface area contributed by atoms with Gasteiger partial charge in [0, 0.05) is 32.7 Å². The number of aliphatic hydroxyl groups excluding tert-OH is 1. The highest BCUT2D eigenvalue weighted by molar-refractivity contribution is 4.61. The topological polar surface area (TPSA) is 114 Å². The van der Waals surface area contributed by atoms with E-state index in [0.29, 0.717) is 19.6 Å². The van der Waals surface area contributed by atoms with Crippen molar-refractivity contribution in [2.24, 2.45) is 17.2 Å². The van der Waals surface area contributed by atoms with Crippen LogP contribution >= 0.6 is 0 Å². The Balaban J connectivity index is 0. The molecule has 2 fully saturated rings. The molecule has 0 amide bonds. The predicted molar refractivity (Wildman–Crippen MR) is 103 cm³/mol. The van der Waals surface area contributed by atoms with Gasteiger partial charge in [0.1, 0.15) is 0 Å².